The first-order chi connectivity index (χ1) is 16.2. The number of imidazole rings is 1. The van der Waals surface area contributed by atoms with E-state index in [2.05, 4.69) is 52.6 Å². The molecule has 0 spiro atoms. The van der Waals surface area contributed by atoms with Crippen LogP contribution in [0.1, 0.15) is 16.2 Å². The van der Waals surface area contributed by atoms with Crippen molar-refractivity contribution in [1.82, 2.24) is 30.2 Å². The molecule has 1 aliphatic heterocycles. The number of nitrogens with zero attached hydrogens (tertiary/aromatic N) is 5. The summed E-state index contributed by atoms with van der Waals surface area (Å²) in [7, 11) is 0. The second-order valence-electron chi connectivity index (χ2n) is 7.66. The maximum Gasteiger partial charge on any atom is 0.269 e. The molecule has 168 valence electrons. The second-order valence-corrected chi connectivity index (χ2v) is 7.66. The first-order valence-electron chi connectivity index (χ1n) is 10.8. The molecule has 3 N–H and O–H groups in total. The monoisotopic (exact) mass is 444 g/mol. The third-order valence-electron chi connectivity index (χ3n) is 5.41. The minimum Gasteiger partial charge on any atom is -0.378 e. The Kier molecular flexibility index (Phi) is 6.07. The molecule has 10 heteroatoms. The van der Waals surface area contributed by atoms with E-state index < -0.39 is 0 Å². The lowest BCUT2D eigenvalue weighted by Gasteiger charge is -2.28. The summed E-state index contributed by atoms with van der Waals surface area (Å²) >= 11 is 0. The van der Waals surface area contributed by atoms with Crippen LogP contribution in [-0.4, -0.2) is 63.7 Å². The average molecular weight is 444 g/mol. The summed E-state index contributed by atoms with van der Waals surface area (Å²) in [5, 5.41) is 6.84. The van der Waals surface area contributed by atoms with E-state index in [-0.39, 0.29) is 5.91 Å². The van der Waals surface area contributed by atoms with Crippen molar-refractivity contribution in [3.05, 3.63) is 66.5 Å². The number of benzene rings is 1. The fourth-order valence-corrected chi connectivity index (χ4v) is 3.62. The van der Waals surface area contributed by atoms with Gasteiger partial charge in [0.2, 0.25) is 5.95 Å². The number of carbonyl (C=O) groups excluding carboxylic acids is 1. The van der Waals surface area contributed by atoms with Gasteiger partial charge >= 0.3 is 0 Å². The van der Waals surface area contributed by atoms with Crippen LogP contribution in [0.4, 0.5) is 17.3 Å². The van der Waals surface area contributed by atoms with Gasteiger partial charge < -0.3 is 25.3 Å². The molecule has 4 aromatic rings. The molecule has 1 fully saturated rings. The molecule has 1 aliphatic rings. The fourth-order valence-electron chi connectivity index (χ4n) is 3.62. The molecule has 4 heterocycles. The Morgan fingerprint density at radius 1 is 1.06 bits per heavy atom. The van der Waals surface area contributed by atoms with E-state index in [1.165, 1.54) is 0 Å². The van der Waals surface area contributed by atoms with Gasteiger partial charge in [0.05, 0.1) is 19.5 Å². The van der Waals surface area contributed by atoms with Gasteiger partial charge in [0.25, 0.3) is 5.91 Å². The van der Waals surface area contributed by atoms with Crippen LogP contribution in [0.5, 0.6) is 0 Å². The standard InChI is InChI=1S/C23H24N8O2/c32-22(25-8-7-18-14-24-15-27-18)20-6-1-16-13-26-23(30-21(16)29-20)28-17-2-4-19(5-3-17)31-9-11-33-12-10-31/h1-6,13-15H,7-12H2,(H,24,27)(H,25,32)(H,26,28,29,30). The predicted molar refractivity (Wildman–Crippen MR) is 125 cm³/mol. The Morgan fingerprint density at radius 3 is 2.70 bits per heavy atom. The number of nitrogens with one attached hydrogen (secondary N) is 3. The molecule has 33 heavy (non-hydrogen) atoms. The zero-order valence-electron chi connectivity index (χ0n) is 18.0. The molecule has 0 atom stereocenters. The summed E-state index contributed by atoms with van der Waals surface area (Å²) < 4.78 is 5.41. The number of fused-ring (bicyclic) bond motifs is 1. The lowest BCUT2D eigenvalue weighted by molar-refractivity contribution is 0.0949. The highest BCUT2D eigenvalue weighted by molar-refractivity contribution is 5.94. The number of aromatic nitrogens is 5. The maximum absolute atomic E-state index is 12.5. The van der Waals surface area contributed by atoms with Crippen molar-refractivity contribution in [3.63, 3.8) is 0 Å². The van der Waals surface area contributed by atoms with Crippen LogP contribution in [0.3, 0.4) is 0 Å². The van der Waals surface area contributed by atoms with E-state index in [4.69, 9.17) is 4.74 Å². The Bertz CT molecular complexity index is 1220. The molecule has 0 saturated carbocycles. The number of amides is 1. The largest absolute Gasteiger partial charge is 0.378 e. The van der Waals surface area contributed by atoms with E-state index in [0.717, 1.165) is 48.8 Å². The number of aromatic amines is 1. The average Bonchev–Trinajstić information content (AvgIpc) is 3.38. The highest BCUT2D eigenvalue weighted by atomic mass is 16.5. The number of morpholine rings is 1. The van der Waals surface area contributed by atoms with E-state index in [1.807, 2.05) is 12.1 Å². The highest BCUT2D eigenvalue weighted by Gasteiger charge is 2.12. The molecule has 5 rings (SSSR count). The van der Waals surface area contributed by atoms with Gasteiger partial charge in [0.15, 0.2) is 5.65 Å². The van der Waals surface area contributed by atoms with Crippen LogP contribution in [0.15, 0.2) is 55.1 Å². The van der Waals surface area contributed by atoms with Gasteiger partial charge in [-0.15, -0.1) is 0 Å². The zero-order chi connectivity index (χ0) is 22.5. The van der Waals surface area contributed by atoms with Crippen molar-refractivity contribution in [3.8, 4) is 0 Å². The summed E-state index contributed by atoms with van der Waals surface area (Å²) in [6.07, 6.45) is 5.72. The third-order valence-corrected chi connectivity index (χ3v) is 5.41. The summed E-state index contributed by atoms with van der Waals surface area (Å²) in [5.74, 6) is 0.175. The smallest absolute Gasteiger partial charge is 0.269 e. The minimum atomic E-state index is -0.247. The number of H-pyrrole nitrogens is 1. The molecule has 1 amide bonds. The fraction of sp³-hybridized carbons (Fsp3) is 0.261. The van der Waals surface area contributed by atoms with E-state index in [0.29, 0.717) is 30.3 Å². The molecule has 3 aromatic heterocycles. The Morgan fingerprint density at radius 2 is 1.91 bits per heavy atom. The summed E-state index contributed by atoms with van der Waals surface area (Å²) in [5.41, 5.74) is 3.76. The molecule has 0 aliphatic carbocycles. The molecule has 1 saturated heterocycles. The lowest BCUT2D eigenvalue weighted by Crippen LogP contribution is -2.36. The molecule has 0 bridgehead atoms. The van der Waals surface area contributed by atoms with Crippen LogP contribution in [0, 0.1) is 0 Å². The Balaban J connectivity index is 1.25. The Hall–Kier alpha value is -4.05. The van der Waals surface area contributed by atoms with E-state index >= 15 is 0 Å². The van der Waals surface area contributed by atoms with Gasteiger partial charge in [-0.05, 0) is 36.4 Å². The van der Waals surface area contributed by atoms with E-state index in [1.54, 1.807) is 30.9 Å². The number of pyridine rings is 1. The quantitative estimate of drug-likeness (QED) is 0.397. The van der Waals surface area contributed by atoms with Crippen molar-refractivity contribution in [2.45, 2.75) is 6.42 Å². The predicted octanol–water partition coefficient (Wildman–Crippen LogP) is 2.30. The van der Waals surface area contributed by atoms with Gasteiger partial charge in [-0.2, -0.15) is 4.98 Å². The summed E-state index contributed by atoms with van der Waals surface area (Å²) in [6, 6.07) is 11.6. The van der Waals surface area contributed by atoms with Crippen molar-refractivity contribution in [2.24, 2.45) is 0 Å². The number of hydrogen-bond acceptors (Lipinski definition) is 8. The lowest BCUT2D eigenvalue weighted by atomic mass is 10.2. The number of anilines is 3. The first-order valence-corrected chi connectivity index (χ1v) is 10.8. The van der Waals surface area contributed by atoms with Crippen LogP contribution >= 0.6 is 0 Å². The molecular weight excluding hydrogens is 420 g/mol. The van der Waals surface area contributed by atoms with Crippen molar-refractivity contribution in [2.75, 3.05) is 43.1 Å². The van der Waals surface area contributed by atoms with Crippen LogP contribution in [-0.2, 0) is 11.2 Å². The van der Waals surface area contributed by atoms with Crippen LogP contribution in [0.25, 0.3) is 11.0 Å². The third kappa shape index (κ3) is 5.07. The maximum atomic E-state index is 12.5. The number of rotatable bonds is 7. The van der Waals surface area contributed by atoms with Gasteiger partial charge in [0, 0.05) is 60.9 Å². The van der Waals surface area contributed by atoms with Gasteiger partial charge in [0.1, 0.15) is 5.69 Å². The number of ether oxygens (including phenoxy) is 1. The molecular formula is C23H24N8O2. The first kappa shape index (κ1) is 20.8. The highest BCUT2D eigenvalue weighted by Crippen LogP contribution is 2.21. The SMILES string of the molecule is O=C(NCCc1cnc[nH]1)c1ccc2cnc(Nc3ccc(N4CCOCC4)cc3)nc2n1. The molecule has 0 unspecified atom stereocenters. The molecule has 0 radical (unpaired) electrons. The number of carbonyl (C=O) groups is 1. The van der Waals surface area contributed by atoms with Crippen molar-refractivity contribution < 1.29 is 9.53 Å². The molecule has 1 aromatic carbocycles. The topological polar surface area (TPSA) is 121 Å². The van der Waals surface area contributed by atoms with Gasteiger partial charge in [-0.1, -0.05) is 0 Å². The van der Waals surface area contributed by atoms with Gasteiger partial charge in [-0.3, -0.25) is 4.79 Å². The number of hydrogen-bond donors (Lipinski definition) is 3. The normalized spacial score (nSPS) is 13.8. The van der Waals surface area contributed by atoms with Gasteiger partial charge in [-0.25, -0.2) is 15.0 Å². The zero-order valence-corrected chi connectivity index (χ0v) is 18.0. The van der Waals surface area contributed by atoms with Crippen LogP contribution in [0.2, 0.25) is 0 Å². The van der Waals surface area contributed by atoms with Crippen molar-refractivity contribution >= 4 is 34.3 Å². The minimum absolute atomic E-state index is 0.247. The summed E-state index contributed by atoms with van der Waals surface area (Å²) in [6.45, 7) is 3.78. The second kappa shape index (κ2) is 9.61. The van der Waals surface area contributed by atoms with Crippen molar-refractivity contribution in [1.29, 1.82) is 0 Å². The van der Waals surface area contributed by atoms with E-state index in [9.17, 15) is 4.79 Å². The summed E-state index contributed by atoms with van der Waals surface area (Å²) in [4.78, 5) is 35.0. The molecule has 10 nitrogen and oxygen atoms in total. The Labute approximate surface area is 190 Å². The van der Waals surface area contributed by atoms with Crippen LogP contribution < -0.4 is 15.5 Å².